The lowest BCUT2D eigenvalue weighted by atomic mass is 9.80. The van der Waals surface area contributed by atoms with Crippen molar-refractivity contribution in [3.8, 4) is 11.6 Å². The predicted molar refractivity (Wildman–Crippen MR) is 148 cm³/mol. The number of nitrogens with one attached hydrogen (secondary N) is 2. The van der Waals surface area contributed by atoms with E-state index in [0.29, 0.717) is 29.3 Å². The quantitative estimate of drug-likeness (QED) is 0.385. The van der Waals surface area contributed by atoms with E-state index in [1.165, 1.54) is 64.2 Å². The van der Waals surface area contributed by atoms with E-state index in [-0.39, 0.29) is 11.9 Å². The number of aromatic nitrogens is 6. The standard InChI is InChI=1S/C28H42N8O2/c1-4-7-21-10-6-15-35(21)27-32-24-22(36(27)16-19-13-11-17(2)12-14-19)23(29-18(3)20-8-5-9-20)30-25(31-24)26-33-28(37)38-34-26/h17-21H,4-16H2,1-3H3,(H,29,30,31)(H,33,34,37)/t17-,18-,19-,21?/m1/s1. The van der Waals surface area contributed by atoms with Crippen LogP contribution < -0.4 is 16.0 Å². The molecule has 0 radical (unpaired) electrons. The van der Waals surface area contributed by atoms with E-state index in [9.17, 15) is 4.79 Å². The van der Waals surface area contributed by atoms with Gasteiger partial charge in [0.2, 0.25) is 17.6 Å². The smallest absolute Gasteiger partial charge is 0.365 e. The Balaban J connectivity index is 1.48. The normalized spacial score (nSPS) is 25.1. The molecule has 206 valence electrons. The van der Waals surface area contributed by atoms with Gasteiger partial charge in [0.15, 0.2) is 11.5 Å². The third-order valence-corrected chi connectivity index (χ3v) is 9.29. The Hall–Kier alpha value is -2.91. The number of rotatable bonds is 9. The van der Waals surface area contributed by atoms with Crippen LogP contribution >= 0.6 is 0 Å². The van der Waals surface area contributed by atoms with Crippen LogP contribution in [0.3, 0.4) is 0 Å². The van der Waals surface area contributed by atoms with Crippen LogP contribution in [0, 0.1) is 17.8 Å². The minimum absolute atomic E-state index is 0.235. The number of hydrogen-bond donors (Lipinski definition) is 2. The average Bonchev–Trinajstić information content (AvgIpc) is 3.58. The molecule has 4 heterocycles. The van der Waals surface area contributed by atoms with Crippen molar-refractivity contribution >= 4 is 22.9 Å². The van der Waals surface area contributed by atoms with Gasteiger partial charge in [-0.15, -0.1) is 0 Å². The summed E-state index contributed by atoms with van der Waals surface area (Å²) in [7, 11) is 0. The molecule has 10 heteroatoms. The molecule has 38 heavy (non-hydrogen) atoms. The largest absolute Gasteiger partial charge is 0.439 e. The summed E-state index contributed by atoms with van der Waals surface area (Å²) in [4.78, 5) is 31.8. The van der Waals surface area contributed by atoms with Crippen LogP contribution in [0.4, 0.5) is 11.8 Å². The lowest BCUT2D eigenvalue weighted by Crippen LogP contribution is -2.33. The number of fused-ring (bicyclic) bond motifs is 1. The number of hydrogen-bond acceptors (Lipinski definition) is 8. The Kier molecular flexibility index (Phi) is 7.14. The maximum atomic E-state index is 11.7. The molecule has 3 aromatic heterocycles. The molecule has 2 N–H and O–H groups in total. The first-order chi connectivity index (χ1) is 18.5. The Morgan fingerprint density at radius 1 is 1.08 bits per heavy atom. The molecule has 1 unspecified atom stereocenters. The van der Waals surface area contributed by atoms with Gasteiger partial charge >= 0.3 is 5.76 Å². The van der Waals surface area contributed by atoms with Crippen LogP contribution in [0.5, 0.6) is 0 Å². The summed E-state index contributed by atoms with van der Waals surface area (Å²) >= 11 is 0. The van der Waals surface area contributed by atoms with E-state index >= 15 is 0 Å². The fraction of sp³-hybridized carbons (Fsp3) is 0.750. The van der Waals surface area contributed by atoms with Gasteiger partial charge in [0.05, 0.1) is 0 Å². The molecule has 0 aromatic carbocycles. The number of nitrogens with zero attached hydrogens (tertiary/aromatic N) is 6. The van der Waals surface area contributed by atoms with E-state index in [0.717, 1.165) is 42.7 Å². The minimum atomic E-state index is -0.613. The fourth-order valence-electron chi connectivity index (χ4n) is 6.73. The second kappa shape index (κ2) is 10.7. The Morgan fingerprint density at radius 3 is 2.58 bits per heavy atom. The molecule has 3 aromatic rings. The molecule has 6 rings (SSSR count). The van der Waals surface area contributed by atoms with Crippen LogP contribution in [-0.2, 0) is 6.54 Å². The fourth-order valence-corrected chi connectivity index (χ4v) is 6.73. The van der Waals surface area contributed by atoms with Crippen molar-refractivity contribution in [2.75, 3.05) is 16.8 Å². The highest BCUT2D eigenvalue weighted by atomic mass is 16.5. The summed E-state index contributed by atoms with van der Waals surface area (Å²) in [6.45, 7) is 8.85. The van der Waals surface area contributed by atoms with Crippen LogP contribution in [0.15, 0.2) is 9.32 Å². The molecular weight excluding hydrogens is 480 g/mol. The highest BCUT2D eigenvalue weighted by Crippen LogP contribution is 2.38. The lowest BCUT2D eigenvalue weighted by molar-refractivity contribution is 0.266. The van der Waals surface area contributed by atoms with Gasteiger partial charge in [-0.25, -0.2) is 14.8 Å². The van der Waals surface area contributed by atoms with Gasteiger partial charge in [0, 0.05) is 25.2 Å². The SMILES string of the molecule is CCCC1CCCN1c1nc2nc(-c3noc(=O)[nH]3)nc(N[C@H](C)C3CCC3)c2n1C[C@H]1CC[C@H](C)CC1. The zero-order valence-corrected chi connectivity index (χ0v) is 23.1. The monoisotopic (exact) mass is 522 g/mol. The number of anilines is 2. The van der Waals surface area contributed by atoms with Crippen molar-refractivity contribution in [3.63, 3.8) is 0 Å². The van der Waals surface area contributed by atoms with Gasteiger partial charge in [-0.05, 0) is 69.6 Å². The third-order valence-electron chi connectivity index (χ3n) is 9.29. The molecule has 1 aliphatic heterocycles. The van der Waals surface area contributed by atoms with E-state index in [2.05, 4.69) is 45.7 Å². The van der Waals surface area contributed by atoms with Gasteiger partial charge in [0.1, 0.15) is 5.52 Å². The topological polar surface area (TPSA) is 118 Å². The van der Waals surface area contributed by atoms with Crippen LogP contribution in [0.25, 0.3) is 22.8 Å². The summed E-state index contributed by atoms with van der Waals surface area (Å²) in [5.41, 5.74) is 1.63. The minimum Gasteiger partial charge on any atom is -0.365 e. The number of aromatic amines is 1. The van der Waals surface area contributed by atoms with Crippen molar-refractivity contribution in [2.45, 2.75) is 110 Å². The van der Waals surface area contributed by atoms with E-state index in [4.69, 9.17) is 19.5 Å². The summed E-state index contributed by atoms with van der Waals surface area (Å²) in [5.74, 6) is 3.83. The van der Waals surface area contributed by atoms with Gasteiger partial charge < -0.3 is 14.8 Å². The van der Waals surface area contributed by atoms with Crippen LogP contribution in [0.1, 0.15) is 91.4 Å². The van der Waals surface area contributed by atoms with Gasteiger partial charge in [0.25, 0.3) is 0 Å². The van der Waals surface area contributed by atoms with Crippen LogP contribution in [0.2, 0.25) is 0 Å². The molecule has 2 aliphatic carbocycles. The molecule has 0 amide bonds. The Bertz CT molecular complexity index is 1300. The summed E-state index contributed by atoms with van der Waals surface area (Å²) in [5, 5.41) is 7.63. The summed E-state index contributed by atoms with van der Waals surface area (Å²) in [6.07, 6.45) is 13.6. The van der Waals surface area contributed by atoms with Crippen molar-refractivity contribution < 1.29 is 4.52 Å². The Morgan fingerprint density at radius 2 is 1.89 bits per heavy atom. The van der Waals surface area contributed by atoms with Crippen molar-refractivity contribution in [3.05, 3.63) is 10.6 Å². The summed E-state index contributed by atoms with van der Waals surface area (Å²) < 4.78 is 7.21. The van der Waals surface area contributed by atoms with Crippen LogP contribution in [-0.4, -0.2) is 48.3 Å². The van der Waals surface area contributed by atoms with Gasteiger partial charge in [-0.3, -0.25) is 9.51 Å². The first-order valence-corrected chi connectivity index (χ1v) is 14.9. The van der Waals surface area contributed by atoms with Crippen molar-refractivity contribution in [1.82, 2.24) is 29.7 Å². The molecule has 0 spiro atoms. The molecular formula is C28H42N8O2. The zero-order valence-electron chi connectivity index (χ0n) is 23.1. The maximum absolute atomic E-state index is 11.7. The number of imidazole rings is 1. The highest BCUT2D eigenvalue weighted by Gasteiger charge is 2.33. The van der Waals surface area contributed by atoms with Crippen molar-refractivity contribution in [1.29, 1.82) is 0 Å². The lowest BCUT2D eigenvalue weighted by Gasteiger charge is -2.33. The third kappa shape index (κ3) is 4.94. The molecule has 10 nitrogen and oxygen atoms in total. The molecule has 2 atom stereocenters. The molecule has 3 fully saturated rings. The van der Waals surface area contributed by atoms with E-state index in [1.807, 2.05) is 0 Å². The molecule has 3 aliphatic rings. The molecule has 1 saturated heterocycles. The highest BCUT2D eigenvalue weighted by molar-refractivity contribution is 5.87. The average molecular weight is 523 g/mol. The predicted octanol–water partition coefficient (Wildman–Crippen LogP) is 5.37. The maximum Gasteiger partial charge on any atom is 0.439 e. The Labute approximate surface area is 224 Å². The summed E-state index contributed by atoms with van der Waals surface area (Å²) in [6, 6.07) is 0.791. The van der Waals surface area contributed by atoms with Gasteiger partial charge in [-0.1, -0.05) is 44.7 Å². The van der Waals surface area contributed by atoms with Gasteiger partial charge in [-0.2, -0.15) is 4.98 Å². The molecule has 0 bridgehead atoms. The second-order valence-corrected chi connectivity index (χ2v) is 12.1. The second-order valence-electron chi connectivity index (χ2n) is 12.1. The van der Waals surface area contributed by atoms with E-state index in [1.54, 1.807) is 0 Å². The first-order valence-electron chi connectivity index (χ1n) is 14.9. The first kappa shape index (κ1) is 25.4. The molecule has 2 saturated carbocycles. The number of H-pyrrole nitrogens is 1. The van der Waals surface area contributed by atoms with E-state index < -0.39 is 5.76 Å². The van der Waals surface area contributed by atoms with Crippen molar-refractivity contribution in [2.24, 2.45) is 17.8 Å². The zero-order chi connectivity index (χ0) is 26.2.